The molecule has 7 heteroatoms. The van der Waals surface area contributed by atoms with E-state index in [-0.39, 0.29) is 6.61 Å². The minimum Gasteiger partial charge on any atom is -0.396 e. The normalized spacial score (nSPS) is 16.2. The lowest BCUT2D eigenvalue weighted by Gasteiger charge is -2.36. The Balaban J connectivity index is 1.90. The number of nitrogen functional groups attached to an aromatic ring is 1. The summed E-state index contributed by atoms with van der Waals surface area (Å²) in [4.78, 5) is 2.39. The van der Waals surface area contributed by atoms with Gasteiger partial charge in [0.25, 0.3) is 0 Å². The van der Waals surface area contributed by atoms with Gasteiger partial charge in [-0.3, -0.25) is 10.3 Å². The molecule has 1 heterocycles. The van der Waals surface area contributed by atoms with Gasteiger partial charge in [-0.05, 0) is 19.3 Å². The van der Waals surface area contributed by atoms with Crippen LogP contribution in [0, 0.1) is 0 Å². The molecule has 0 amide bonds. The van der Waals surface area contributed by atoms with Gasteiger partial charge in [0.2, 0.25) is 5.13 Å². The Kier molecular flexibility index (Phi) is 4.66. The lowest BCUT2D eigenvalue weighted by molar-refractivity contribution is 0.109. The molecule has 17 heavy (non-hydrogen) atoms. The Morgan fingerprint density at radius 3 is 2.82 bits per heavy atom. The van der Waals surface area contributed by atoms with Gasteiger partial charge in [0.05, 0.1) is 6.54 Å². The molecule has 0 aliphatic heterocycles. The zero-order valence-electron chi connectivity index (χ0n) is 9.80. The highest BCUT2D eigenvalue weighted by Gasteiger charge is 2.25. The predicted molar refractivity (Wildman–Crippen MR) is 67.5 cm³/mol. The van der Waals surface area contributed by atoms with Gasteiger partial charge in [-0.15, -0.1) is 10.2 Å². The molecule has 1 aromatic heterocycles. The molecule has 96 valence electrons. The molecule has 2 rings (SSSR count). The molecule has 1 fully saturated rings. The molecule has 1 saturated carbocycles. The number of hydrogen-bond donors (Lipinski definition) is 3. The van der Waals surface area contributed by atoms with Gasteiger partial charge in [0.1, 0.15) is 5.01 Å². The number of aliphatic hydroxyl groups is 1. The van der Waals surface area contributed by atoms with E-state index in [9.17, 15) is 0 Å². The van der Waals surface area contributed by atoms with Crippen LogP contribution in [0.2, 0.25) is 0 Å². The zero-order valence-corrected chi connectivity index (χ0v) is 10.6. The molecule has 4 N–H and O–H groups in total. The summed E-state index contributed by atoms with van der Waals surface area (Å²) in [6, 6.07) is 0.653. The second kappa shape index (κ2) is 6.25. The maximum absolute atomic E-state index is 8.92. The van der Waals surface area contributed by atoms with Crippen molar-refractivity contribution in [2.45, 2.75) is 38.3 Å². The molecule has 0 bridgehead atoms. The van der Waals surface area contributed by atoms with E-state index in [1.54, 1.807) is 0 Å². The number of anilines is 1. The third-order valence-electron chi connectivity index (χ3n) is 3.12. The molecule has 1 aromatic rings. The van der Waals surface area contributed by atoms with Crippen LogP contribution in [-0.2, 0) is 6.54 Å². The van der Waals surface area contributed by atoms with Crippen molar-refractivity contribution in [3.05, 3.63) is 5.01 Å². The molecule has 0 saturated heterocycles. The quantitative estimate of drug-likeness (QED) is 0.489. The highest BCUT2D eigenvalue weighted by atomic mass is 32.1. The number of rotatable bonds is 7. The first-order chi connectivity index (χ1) is 8.33. The van der Waals surface area contributed by atoms with E-state index in [1.165, 1.54) is 30.6 Å². The van der Waals surface area contributed by atoms with Crippen molar-refractivity contribution in [3.63, 3.8) is 0 Å². The Bertz CT molecular complexity index is 341. The minimum absolute atomic E-state index is 0.245. The predicted octanol–water partition coefficient (Wildman–Crippen LogP) is 0.561. The molecule has 0 radical (unpaired) electrons. The van der Waals surface area contributed by atoms with Crippen LogP contribution in [-0.4, -0.2) is 39.4 Å². The number of aliphatic hydroxyl groups excluding tert-OH is 1. The van der Waals surface area contributed by atoms with Gasteiger partial charge < -0.3 is 5.11 Å². The maximum Gasteiger partial charge on any atom is 0.219 e. The summed E-state index contributed by atoms with van der Waals surface area (Å²) in [5.74, 6) is 5.28. The van der Waals surface area contributed by atoms with Crippen LogP contribution in [0.3, 0.4) is 0 Å². The number of nitrogens with zero attached hydrogens (tertiary/aromatic N) is 3. The fraction of sp³-hybridized carbons (Fsp3) is 0.800. The van der Waals surface area contributed by atoms with E-state index in [4.69, 9.17) is 10.9 Å². The lowest BCUT2D eigenvalue weighted by Crippen LogP contribution is -2.40. The van der Waals surface area contributed by atoms with Crippen molar-refractivity contribution in [1.82, 2.24) is 15.1 Å². The van der Waals surface area contributed by atoms with Crippen LogP contribution >= 0.6 is 11.3 Å². The third kappa shape index (κ3) is 3.35. The summed E-state index contributed by atoms with van der Waals surface area (Å²) in [5.41, 5.74) is 2.51. The van der Waals surface area contributed by atoms with Crippen LogP contribution in [0.4, 0.5) is 5.13 Å². The van der Waals surface area contributed by atoms with Gasteiger partial charge >= 0.3 is 0 Å². The Hall–Kier alpha value is -0.760. The Morgan fingerprint density at radius 2 is 2.29 bits per heavy atom. The second-order valence-electron chi connectivity index (χ2n) is 4.28. The van der Waals surface area contributed by atoms with Crippen LogP contribution in [0.5, 0.6) is 0 Å². The van der Waals surface area contributed by atoms with Crippen LogP contribution in [0.15, 0.2) is 0 Å². The van der Waals surface area contributed by atoms with Crippen molar-refractivity contribution < 1.29 is 5.11 Å². The molecule has 0 spiro atoms. The standard InChI is InChI=1S/C10H19N5OS/c11-12-10-14-13-9(17-10)7-15(5-2-6-16)8-3-1-4-8/h8,16H,1-7,11H2,(H,12,14). The summed E-state index contributed by atoms with van der Waals surface area (Å²) >= 11 is 1.48. The van der Waals surface area contributed by atoms with Crippen molar-refractivity contribution in [1.29, 1.82) is 0 Å². The maximum atomic E-state index is 8.92. The smallest absolute Gasteiger partial charge is 0.219 e. The number of nitrogens with one attached hydrogen (secondary N) is 1. The topological polar surface area (TPSA) is 87.3 Å². The van der Waals surface area contributed by atoms with E-state index in [0.717, 1.165) is 24.5 Å². The van der Waals surface area contributed by atoms with Crippen molar-refractivity contribution in [2.75, 3.05) is 18.6 Å². The molecule has 1 aliphatic carbocycles. The monoisotopic (exact) mass is 257 g/mol. The van der Waals surface area contributed by atoms with Gasteiger partial charge in [-0.2, -0.15) is 0 Å². The number of aromatic nitrogens is 2. The third-order valence-corrected chi connectivity index (χ3v) is 3.96. The molecular weight excluding hydrogens is 238 g/mol. The van der Waals surface area contributed by atoms with Gasteiger partial charge in [-0.1, -0.05) is 17.8 Å². The van der Waals surface area contributed by atoms with Crippen LogP contribution in [0.1, 0.15) is 30.7 Å². The van der Waals surface area contributed by atoms with E-state index < -0.39 is 0 Å². The minimum atomic E-state index is 0.245. The summed E-state index contributed by atoms with van der Waals surface area (Å²) in [6.07, 6.45) is 4.64. The Labute approximate surface area is 105 Å². The number of hydrogen-bond acceptors (Lipinski definition) is 7. The first kappa shape index (κ1) is 12.7. The number of hydrazine groups is 1. The fourth-order valence-corrected chi connectivity index (χ4v) is 2.64. The molecule has 1 aliphatic rings. The van der Waals surface area contributed by atoms with E-state index in [2.05, 4.69) is 20.5 Å². The zero-order chi connectivity index (χ0) is 12.1. The van der Waals surface area contributed by atoms with Gasteiger partial charge in [0.15, 0.2) is 0 Å². The fourth-order valence-electron chi connectivity index (χ4n) is 1.97. The summed E-state index contributed by atoms with van der Waals surface area (Å²) in [7, 11) is 0. The summed E-state index contributed by atoms with van der Waals surface area (Å²) < 4.78 is 0. The molecule has 6 nitrogen and oxygen atoms in total. The van der Waals surface area contributed by atoms with Crippen LogP contribution in [0.25, 0.3) is 0 Å². The average molecular weight is 257 g/mol. The Morgan fingerprint density at radius 1 is 1.47 bits per heavy atom. The average Bonchev–Trinajstić information content (AvgIpc) is 2.71. The first-order valence-electron chi connectivity index (χ1n) is 5.97. The van der Waals surface area contributed by atoms with Gasteiger partial charge in [0, 0.05) is 19.2 Å². The second-order valence-corrected chi connectivity index (χ2v) is 5.34. The van der Waals surface area contributed by atoms with Crippen molar-refractivity contribution in [3.8, 4) is 0 Å². The number of nitrogens with two attached hydrogens (primary N) is 1. The van der Waals surface area contributed by atoms with Crippen molar-refractivity contribution >= 4 is 16.5 Å². The molecular formula is C10H19N5OS. The lowest BCUT2D eigenvalue weighted by atomic mass is 9.91. The van der Waals surface area contributed by atoms with Crippen molar-refractivity contribution in [2.24, 2.45) is 5.84 Å². The SMILES string of the molecule is NNc1nnc(CN(CCCO)C2CCC2)s1. The van der Waals surface area contributed by atoms with E-state index in [0.29, 0.717) is 11.2 Å². The largest absolute Gasteiger partial charge is 0.396 e. The highest BCUT2D eigenvalue weighted by Crippen LogP contribution is 2.27. The summed E-state index contributed by atoms with van der Waals surface area (Å²) in [5, 5.41) is 18.6. The van der Waals surface area contributed by atoms with E-state index in [1.807, 2.05) is 0 Å². The molecule has 0 aromatic carbocycles. The first-order valence-corrected chi connectivity index (χ1v) is 6.79. The summed E-state index contributed by atoms with van der Waals surface area (Å²) in [6.45, 7) is 1.98. The molecule has 0 atom stereocenters. The molecule has 0 unspecified atom stereocenters. The van der Waals surface area contributed by atoms with Gasteiger partial charge in [-0.25, -0.2) is 5.84 Å². The highest BCUT2D eigenvalue weighted by molar-refractivity contribution is 7.15. The van der Waals surface area contributed by atoms with E-state index >= 15 is 0 Å². The van der Waals surface area contributed by atoms with Crippen LogP contribution < -0.4 is 11.3 Å².